The van der Waals surface area contributed by atoms with Crippen LogP contribution in [0.1, 0.15) is 33.6 Å². The number of rotatable bonds is 3. The van der Waals surface area contributed by atoms with Crippen LogP contribution in [-0.4, -0.2) is 36.0 Å². The first-order valence-corrected chi connectivity index (χ1v) is 5.54. The Bertz CT molecular complexity index is 207. The molecule has 0 spiro atoms. The summed E-state index contributed by atoms with van der Waals surface area (Å²) in [6, 6.07) is 0. The van der Waals surface area contributed by atoms with Gasteiger partial charge in [0.1, 0.15) is 0 Å². The maximum Gasteiger partial charge on any atom is 0.335 e. The maximum absolute atomic E-state index is 11.3. The molecular formula is C11H20O4. The van der Waals surface area contributed by atoms with E-state index in [0.29, 0.717) is 19.4 Å². The highest BCUT2D eigenvalue weighted by Gasteiger charge is 2.33. The summed E-state index contributed by atoms with van der Waals surface area (Å²) in [6.07, 6.45) is 0.624. The van der Waals surface area contributed by atoms with E-state index in [1.54, 1.807) is 6.92 Å². The Kier molecular flexibility index (Phi) is 4.54. The molecule has 0 amide bonds. The van der Waals surface area contributed by atoms with Gasteiger partial charge in [-0.2, -0.15) is 0 Å². The number of aliphatic hydroxyl groups is 1. The Morgan fingerprint density at radius 2 is 2.00 bits per heavy atom. The smallest absolute Gasteiger partial charge is 0.335 e. The topological polar surface area (TPSA) is 55.8 Å². The van der Waals surface area contributed by atoms with Gasteiger partial charge in [0.2, 0.25) is 0 Å². The normalized spacial score (nSPS) is 33.5. The number of carbonyl (C=O) groups excluding carboxylic acids is 1. The molecule has 4 nitrogen and oxygen atoms in total. The molecule has 0 saturated carbocycles. The molecule has 1 heterocycles. The SMILES string of the molecule is CCOC(=O)C(O)C1CC(C)OC(C)C1. The number of aliphatic hydroxyl groups excluding tert-OH is 1. The second-order valence-corrected chi connectivity index (χ2v) is 4.19. The predicted molar refractivity (Wildman–Crippen MR) is 55.4 cm³/mol. The molecule has 3 atom stereocenters. The third kappa shape index (κ3) is 3.47. The monoisotopic (exact) mass is 216 g/mol. The van der Waals surface area contributed by atoms with Gasteiger partial charge in [0.25, 0.3) is 0 Å². The van der Waals surface area contributed by atoms with Gasteiger partial charge in [-0.15, -0.1) is 0 Å². The lowest BCUT2D eigenvalue weighted by Gasteiger charge is -2.33. The Morgan fingerprint density at radius 1 is 1.47 bits per heavy atom. The minimum absolute atomic E-state index is 0.0391. The molecule has 1 aliphatic rings. The summed E-state index contributed by atoms with van der Waals surface area (Å²) >= 11 is 0. The van der Waals surface area contributed by atoms with Crippen LogP contribution in [0.2, 0.25) is 0 Å². The Labute approximate surface area is 90.6 Å². The summed E-state index contributed by atoms with van der Waals surface area (Å²) in [5, 5.41) is 9.78. The Balaban J connectivity index is 2.51. The van der Waals surface area contributed by atoms with E-state index in [0.717, 1.165) is 0 Å². The van der Waals surface area contributed by atoms with E-state index in [1.165, 1.54) is 0 Å². The third-order valence-corrected chi connectivity index (χ3v) is 2.71. The zero-order valence-corrected chi connectivity index (χ0v) is 9.60. The van der Waals surface area contributed by atoms with E-state index in [4.69, 9.17) is 9.47 Å². The number of carbonyl (C=O) groups is 1. The number of esters is 1. The minimum atomic E-state index is -1.00. The fraction of sp³-hybridized carbons (Fsp3) is 0.909. The van der Waals surface area contributed by atoms with Crippen molar-refractivity contribution in [1.29, 1.82) is 0 Å². The highest BCUT2D eigenvalue weighted by Crippen LogP contribution is 2.27. The summed E-state index contributed by atoms with van der Waals surface area (Å²) in [7, 11) is 0. The molecule has 0 radical (unpaired) electrons. The highest BCUT2D eigenvalue weighted by atomic mass is 16.5. The van der Waals surface area contributed by atoms with Gasteiger partial charge in [0.15, 0.2) is 6.10 Å². The van der Waals surface area contributed by atoms with Crippen molar-refractivity contribution in [1.82, 2.24) is 0 Å². The summed E-state index contributed by atoms with van der Waals surface area (Å²) in [5.74, 6) is -0.549. The lowest BCUT2D eigenvalue weighted by molar-refractivity contribution is -0.161. The standard InChI is InChI=1S/C11H20O4/c1-4-14-11(13)10(12)9-5-7(2)15-8(3)6-9/h7-10,12H,4-6H2,1-3H3. The van der Waals surface area contributed by atoms with Crippen molar-refractivity contribution in [3.05, 3.63) is 0 Å². The molecule has 0 bridgehead atoms. The van der Waals surface area contributed by atoms with Gasteiger partial charge in [0.05, 0.1) is 18.8 Å². The average Bonchev–Trinajstić information content (AvgIpc) is 2.15. The highest BCUT2D eigenvalue weighted by molar-refractivity contribution is 5.74. The summed E-state index contributed by atoms with van der Waals surface area (Å²) in [5.41, 5.74) is 0. The van der Waals surface area contributed by atoms with E-state index in [1.807, 2.05) is 13.8 Å². The molecule has 0 aliphatic carbocycles. The summed E-state index contributed by atoms with van der Waals surface area (Å²) < 4.78 is 10.3. The van der Waals surface area contributed by atoms with Gasteiger partial charge in [-0.25, -0.2) is 4.79 Å². The van der Waals surface area contributed by atoms with Crippen molar-refractivity contribution in [2.75, 3.05) is 6.61 Å². The maximum atomic E-state index is 11.3. The van der Waals surface area contributed by atoms with E-state index in [-0.39, 0.29) is 18.1 Å². The molecule has 4 heteroatoms. The zero-order valence-electron chi connectivity index (χ0n) is 9.60. The average molecular weight is 216 g/mol. The van der Waals surface area contributed by atoms with E-state index in [2.05, 4.69) is 0 Å². The predicted octanol–water partition coefficient (Wildman–Crippen LogP) is 1.11. The van der Waals surface area contributed by atoms with Crippen molar-refractivity contribution >= 4 is 5.97 Å². The molecule has 1 N–H and O–H groups in total. The van der Waals surface area contributed by atoms with Crippen LogP contribution in [0, 0.1) is 5.92 Å². The molecule has 0 aromatic carbocycles. The summed E-state index contributed by atoms with van der Waals surface area (Å²) in [4.78, 5) is 11.3. The van der Waals surface area contributed by atoms with Crippen molar-refractivity contribution in [2.24, 2.45) is 5.92 Å². The van der Waals surface area contributed by atoms with Gasteiger partial charge in [-0.1, -0.05) is 0 Å². The largest absolute Gasteiger partial charge is 0.464 e. The van der Waals surface area contributed by atoms with Crippen LogP contribution in [0.5, 0.6) is 0 Å². The first-order valence-electron chi connectivity index (χ1n) is 5.54. The summed E-state index contributed by atoms with van der Waals surface area (Å²) in [6.45, 7) is 5.96. The molecular weight excluding hydrogens is 196 g/mol. The van der Waals surface area contributed by atoms with Gasteiger partial charge in [0, 0.05) is 5.92 Å². The van der Waals surface area contributed by atoms with Crippen LogP contribution in [0.25, 0.3) is 0 Å². The molecule has 0 aromatic rings. The van der Waals surface area contributed by atoms with Crippen molar-refractivity contribution in [3.8, 4) is 0 Å². The Hall–Kier alpha value is -0.610. The van der Waals surface area contributed by atoms with Gasteiger partial charge in [-0.3, -0.25) is 0 Å². The van der Waals surface area contributed by atoms with Crippen LogP contribution in [0.3, 0.4) is 0 Å². The first kappa shape index (κ1) is 12.5. The van der Waals surface area contributed by atoms with Gasteiger partial charge < -0.3 is 14.6 Å². The molecule has 15 heavy (non-hydrogen) atoms. The zero-order chi connectivity index (χ0) is 11.4. The van der Waals surface area contributed by atoms with E-state index >= 15 is 0 Å². The number of hydrogen-bond acceptors (Lipinski definition) is 4. The minimum Gasteiger partial charge on any atom is -0.464 e. The van der Waals surface area contributed by atoms with Crippen LogP contribution in [0.15, 0.2) is 0 Å². The quantitative estimate of drug-likeness (QED) is 0.718. The van der Waals surface area contributed by atoms with E-state index < -0.39 is 12.1 Å². The fourth-order valence-electron chi connectivity index (χ4n) is 2.13. The van der Waals surface area contributed by atoms with E-state index in [9.17, 15) is 9.90 Å². The molecule has 1 aliphatic heterocycles. The Morgan fingerprint density at radius 3 is 2.47 bits per heavy atom. The number of hydrogen-bond donors (Lipinski definition) is 1. The molecule has 1 saturated heterocycles. The first-order chi connectivity index (χ1) is 7.04. The van der Waals surface area contributed by atoms with Crippen molar-refractivity contribution < 1.29 is 19.4 Å². The molecule has 1 fully saturated rings. The van der Waals surface area contributed by atoms with Crippen molar-refractivity contribution in [2.45, 2.75) is 51.9 Å². The molecule has 3 unspecified atom stereocenters. The lowest BCUT2D eigenvalue weighted by Crippen LogP contribution is -2.39. The van der Waals surface area contributed by atoms with Crippen molar-refractivity contribution in [3.63, 3.8) is 0 Å². The van der Waals surface area contributed by atoms with Crippen LogP contribution in [-0.2, 0) is 14.3 Å². The molecule has 1 rings (SSSR count). The number of ether oxygens (including phenoxy) is 2. The van der Waals surface area contributed by atoms with Crippen LogP contribution >= 0.6 is 0 Å². The lowest BCUT2D eigenvalue weighted by atomic mass is 9.88. The van der Waals surface area contributed by atoms with Gasteiger partial charge in [-0.05, 0) is 33.6 Å². The second-order valence-electron chi connectivity index (χ2n) is 4.19. The third-order valence-electron chi connectivity index (χ3n) is 2.71. The molecule has 88 valence electrons. The fourth-order valence-corrected chi connectivity index (χ4v) is 2.13. The van der Waals surface area contributed by atoms with Gasteiger partial charge >= 0.3 is 5.97 Å². The van der Waals surface area contributed by atoms with Crippen LogP contribution < -0.4 is 0 Å². The molecule has 0 aromatic heterocycles. The van der Waals surface area contributed by atoms with Crippen LogP contribution in [0.4, 0.5) is 0 Å². The second kappa shape index (κ2) is 5.47.